The largest absolute Gasteiger partial charge is 0.464 e. The molecule has 0 bridgehead atoms. The van der Waals surface area contributed by atoms with Crippen LogP contribution in [0.2, 0.25) is 5.28 Å². The van der Waals surface area contributed by atoms with Crippen LogP contribution in [0.5, 0.6) is 0 Å². The predicted molar refractivity (Wildman–Crippen MR) is 52.7 cm³/mol. The lowest BCUT2D eigenvalue weighted by Crippen LogP contribution is -2.14. The van der Waals surface area contributed by atoms with Gasteiger partial charge in [-0.1, -0.05) is 0 Å². The molecule has 5 nitrogen and oxygen atoms in total. The van der Waals surface area contributed by atoms with Gasteiger partial charge in [-0.15, -0.1) is 0 Å². The zero-order valence-corrected chi connectivity index (χ0v) is 8.87. The number of ether oxygens (including phenoxy) is 1. The lowest BCUT2D eigenvalue weighted by atomic mass is 10.4. The number of rotatable bonds is 2. The van der Waals surface area contributed by atoms with Crippen LogP contribution in [0, 0.1) is 0 Å². The summed E-state index contributed by atoms with van der Waals surface area (Å²) in [6.45, 7) is 0. The monoisotopic (exact) mass is 215 g/mol. The highest BCUT2D eigenvalue weighted by atomic mass is 35.5. The number of hydrogen-bond donors (Lipinski definition) is 0. The number of nitrogens with zero attached hydrogens (tertiary/aromatic N) is 3. The minimum absolute atomic E-state index is 0.0246. The number of aromatic nitrogens is 2. The van der Waals surface area contributed by atoms with Crippen LogP contribution in [0.25, 0.3) is 0 Å². The fourth-order valence-corrected chi connectivity index (χ4v) is 1.02. The van der Waals surface area contributed by atoms with Crippen LogP contribution in [0.4, 0.5) is 5.82 Å². The molecule has 0 aliphatic heterocycles. The van der Waals surface area contributed by atoms with Crippen LogP contribution < -0.4 is 4.90 Å². The van der Waals surface area contributed by atoms with Gasteiger partial charge in [-0.3, -0.25) is 0 Å². The van der Waals surface area contributed by atoms with E-state index in [2.05, 4.69) is 14.7 Å². The Balaban J connectivity index is 3.13. The van der Waals surface area contributed by atoms with E-state index in [1.807, 2.05) is 0 Å². The molecule has 1 heterocycles. The topological polar surface area (TPSA) is 55.3 Å². The van der Waals surface area contributed by atoms with E-state index in [0.717, 1.165) is 0 Å². The molecule has 0 saturated heterocycles. The van der Waals surface area contributed by atoms with E-state index in [1.54, 1.807) is 19.0 Å². The zero-order valence-electron chi connectivity index (χ0n) is 8.11. The summed E-state index contributed by atoms with van der Waals surface area (Å²) in [6, 6.07) is 1.51. The summed E-state index contributed by atoms with van der Waals surface area (Å²) in [7, 11) is 4.87. The van der Waals surface area contributed by atoms with E-state index in [1.165, 1.54) is 13.2 Å². The summed E-state index contributed by atoms with van der Waals surface area (Å²) in [4.78, 5) is 20.5. The first-order valence-electron chi connectivity index (χ1n) is 3.85. The first kappa shape index (κ1) is 10.7. The lowest BCUT2D eigenvalue weighted by Gasteiger charge is -2.11. The number of esters is 1. The third-order valence-corrected chi connectivity index (χ3v) is 1.71. The summed E-state index contributed by atoms with van der Waals surface area (Å²) in [5, 5.41) is 0.0246. The Kier molecular flexibility index (Phi) is 3.24. The normalized spacial score (nSPS) is 9.71. The average Bonchev–Trinajstić information content (AvgIpc) is 2.15. The third-order valence-electron chi connectivity index (χ3n) is 1.54. The van der Waals surface area contributed by atoms with Crippen LogP contribution in [-0.4, -0.2) is 37.1 Å². The van der Waals surface area contributed by atoms with Crippen molar-refractivity contribution < 1.29 is 9.53 Å². The van der Waals surface area contributed by atoms with Crippen molar-refractivity contribution in [3.8, 4) is 0 Å². The molecule has 0 unspecified atom stereocenters. The van der Waals surface area contributed by atoms with Gasteiger partial charge in [0.2, 0.25) is 5.28 Å². The Morgan fingerprint density at radius 2 is 2.14 bits per heavy atom. The Hall–Kier alpha value is -1.36. The van der Waals surface area contributed by atoms with Crippen molar-refractivity contribution in [3.05, 3.63) is 17.0 Å². The molecule has 14 heavy (non-hydrogen) atoms. The predicted octanol–water partition coefficient (Wildman–Crippen LogP) is 0.983. The molecule has 0 amide bonds. The fourth-order valence-electron chi connectivity index (χ4n) is 0.844. The second-order valence-corrected chi connectivity index (χ2v) is 3.10. The van der Waals surface area contributed by atoms with Crippen molar-refractivity contribution in [2.75, 3.05) is 26.1 Å². The number of methoxy groups -OCH3 is 1. The lowest BCUT2D eigenvalue weighted by molar-refractivity contribution is 0.0594. The van der Waals surface area contributed by atoms with Crippen LogP contribution in [0.15, 0.2) is 6.07 Å². The number of anilines is 1. The van der Waals surface area contributed by atoms with Crippen LogP contribution in [0.1, 0.15) is 10.5 Å². The van der Waals surface area contributed by atoms with Crippen LogP contribution >= 0.6 is 11.6 Å². The molecule has 0 atom stereocenters. The Bertz CT molecular complexity index is 354. The molecule has 0 radical (unpaired) electrons. The number of carbonyl (C=O) groups excluding carboxylic acids is 1. The van der Waals surface area contributed by atoms with Gasteiger partial charge in [0.25, 0.3) is 0 Å². The highest BCUT2D eigenvalue weighted by molar-refractivity contribution is 6.28. The molecular weight excluding hydrogens is 206 g/mol. The smallest absolute Gasteiger partial charge is 0.356 e. The molecular formula is C8H10ClN3O2. The molecule has 6 heteroatoms. The summed E-state index contributed by atoms with van der Waals surface area (Å²) >= 11 is 5.64. The number of carbonyl (C=O) groups is 1. The Morgan fingerprint density at radius 3 is 2.64 bits per heavy atom. The Morgan fingerprint density at radius 1 is 1.50 bits per heavy atom. The summed E-state index contributed by atoms with van der Waals surface area (Å²) < 4.78 is 4.52. The van der Waals surface area contributed by atoms with E-state index in [-0.39, 0.29) is 11.0 Å². The molecule has 0 aliphatic carbocycles. The van der Waals surface area contributed by atoms with Crippen molar-refractivity contribution in [1.82, 2.24) is 9.97 Å². The minimum Gasteiger partial charge on any atom is -0.464 e. The first-order valence-corrected chi connectivity index (χ1v) is 4.22. The van der Waals surface area contributed by atoms with Gasteiger partial charge in [-0.05, 0) is 11.6 Å². The molecule has 0 N–H and O–H groups in total. The molecule has 0 spiro atoms. The van der Waals surface area contributed by atoms with Gasteiger partial charge < -0.3 is 9.64 Å². The average molecular weight is 216 g/mol. The van der Waals surface area contributed by atoms with Crippen molar-refractivity contribution in [1.29, 1.82) is 0 Å². The summed E-state index contributed by atoms with van der Waals surface area (Å²) in [5.74, 6) is 0.0304. The number of hydrogen-bond acceptors (Lipinski definition) is 5. The molecule has 76 valence electrons. The third kappa shape index (κ3) is 2.32. The molecule has 0 aliphatic rings. The van der Waals surface area contributed by atoms with Crippen molar-refractivity contribution >= 4 is 23.4 Å². The Labute approximate surface area is 86.7 Å². The quantitative estimate of drug-likeness (QED) is 0.544. The van der Waals surface area contributed by atoms with E-state index < -0.39 is 5.97 Å². The molecule has 0 saturated carbocycles. The maximum Gasteiger partial charge on any atom is 0.356 e. The van der Waals surface area contributed by atoms with E-state index in [4.69, 9.17) is 11.6 Å². The molecule has 1 rings (SSSR count). The van der Waals surface area contributed by atoms with Gasteiger partial charge in [-0.25, -0.2) is 14.8 Å². The van der Waals surface area contributed by atoms with E-state index in [9.17, 15) is 4.79 Å². The molecule has 1 aromatic rings. The maximum atomic E-state index is 11.2. The molecule has 1 aromatic heterocycles. The maximum absolute atomic E-state index is 11.2. The van der Waals surface area contributed by atoms with Crippen molar-refractivity contribution in [2.24, 2.45) is 0 Å². The summed E-state index contributed by atoms with van der Waals surface area (Å²) in [6.07, 6.45) is 0. The first-order chi connectivity index (χ1) is 6.54. The van der Waals surface area contributed by atoms with Gasteiger partial charge in [0.15, 0.2) is 5.69 Å². The van der Waals surface area contributed by atoms with Crippen molar-refractivity contribution in [3.63, 3.8) is 0 Å². The van der Waals surface area contributed by atoms with Gasteiger partial charge >= 0.3 is 5.97 Å². The van der Waals surface area contributed by atoms with Gasteiger partial charge in [0.1, 0.15) is 5.82 Å². The highest BCUT2D eigenvalue weighted by Crippen LogP contribution is 2.13. The summed E-state index contributed by atoms with van der Waals surface area (Å²) in [5.41, 5.74) is 0.149. The van der Waals surface area contributed by atoms with Crippen molar-refractivity contribution in [2.45, 2.75) is 0 Å². The SMILES string of the molecule is COC(=O)c1cc(N(C)C)nc(Cl)n1. The molecule has 0 fully saturated rings. The second-order valence-electron chi connectivity index (χ2n) is 2.77. The van der Waals surface area contributed by atoms with E-state index in [0.29, 0.717) is 5.82 Å². The van der Waals surface area contributed by atoms with Gasteiger partial charge in [0.05, 0.1) is 7.11 Å². The standard InChI is InChI=1S/C8H10ClN3O2/c1-12(2)6-4-5(7(13)14-3)10-8(9)11-6/h4H,1-3H3. The fraction of sp³-hybridized carbons (Fsp3) is 0.375. The van der Waals surface area contributed by atoms with E-state index >= 15 is 0 Å². The number of halogens is 1. The van der Waals surface area contributed by atoms with Crippen LogP contribution in [0.3, 0.4) is 0 Å². The van der Waals surface area contributed by atoms with Gasteiger partial charge in [-0.2, -0.15) is 0 Å². The minimum atomic E-state index is -0.530. The van der Waals surface area contributed by atoms with Crippen LogP contribution in [-0.2, 0) is 4.74 Å². The second kappa shape index (κ2) is 4.23. The van der Waals surface area contributed by atoms with Gasteiger partial charge in [0, 0.05) is 20.2 Å². The zero-order chi connectivity index (χ0) is 10.7. The molecule has 0 aromatic carbocycles. The highest BCUT2D eigenvalue weighted by Gasteiger charge is 2.11.